The summed E-state index contributed by atoms with van der Waals surface area (Å²) in [6.07, 6.45) is 6.68. The highest BCUT2D eigenvalue weighted by atomic mass is 32.2. The molecule has 1 amide bonds. The van der Waals surface area contributed by atoms with Crippen molar-refractivity contribution in [3.05, 3.63) is 48.3 Å². The Bertz CT molecular complexity index is 775. The van der Waals surface area contributed by atoms with Crippen molar-refractivity contribution in [3.8, 4) is 0 Å². The van der Waals surface area contributed by atoms with Gasteiger partial charge in [0.25, 0.3) is 0 Å². The lowest BCUT2D eigenvalue weighted by molar-refractivity contribution is -0.114. The van der Waals surface area contributed by atoms with E-state index in [9.17, 15) is 4.79 Å². The van der Waals surface area contributed by atoms with E-state index in [4.69, 9.17) is 5.73 Å². The Kier molecular flexibility index (Phi) is 5.00. The summed E-state index contributed by atoms with van der Waals surface area (Å²) in [5.74, 6) is 0.425. The number of aliphatic imine (C=N–C) groups is 1. The molecule has 2 rings (SSSR count). The van der Waals surface area contributed by atoms with Crippen LogP contribution in [0.25, 0.3) is 10.9 Å². The predicted molar refractivity (Wildman–Crippen MR) is 92.9 cm³/mol. The van der Waals surface area contributed by atoms with E-state index in [0.717, 1.165) is 10.9 Å². The third-order valence-electron chi connectivity index (χ3n) is 2.83. The highest BCUT2D eigenvalue weighted by molar-refractivity contribution is 8.02. The Morgan fingerprint density at radius 2 is 2.32 bits per heavy atom. The van der Waals surface area contributed by atoms with E-state index in [-0.39, 0.29) is 5.91 Å². The normalized spacial score (nSPS) is 12.0. The Balaban J connectivity index is 2.55. The van der Waals surface area contributed by atoms with Gasteiger partial charge in [0.05, 0.1) is 16.7 Å². The summed E-state index contributed by atoms with van der Waals surface area (Å²) in [4.78, 5) is 15.6. The van der Waals surface area contributed by atoms with E-state index in [1.807, 2.05) is 24.5 Å². The van der Waals surface area contributed by atoms with E-state index < -0.39 is 0 Å². The van der Waals surface area contributed by atoms with Gasteiger partial charge in [0.1, 0.15) is 0 Å². The van der Waals surface area contributed by atoms with Gasteiger partial charge in [-0.2, -0.15) is 5.10 Å². The molecule has 22 heavy (non-hydrogen) atoms. The van der Waals surface area contributed by atoms with Crippen molar-refractivity contribution in [2.45, 2.75) is 6.92 Å². The van der Waals surface area contributed by atoms with Crippen molar-refractivity contribution in [3.63, 3.8) is 0 Å². The minimum Gasteiger partial charge on any atom is -0.404 e. The Morgan fingerprint density at radius 1 is 1.55 bits per heavy atom. The van der Waals surface area contributed by atoms with Gasteiger partial charge in [-0.05, 0) is 36.7 Å². The average molecular weight is 315 g/mol. The van der Waals surface area contributed by atoms with Gasteiger partial charge in [-0.1, -0.05) is 6.58 Å². The van der Waals surface area contributed by atoms with Crippen molar-refractivity contribution in [1.82, 2.24) is 9.78 Å². The smallest absolute Gasteiger partial charge is 0.221 e. The number of carbonyl (C=O) groups excluding carboxylic acids is 1. The van der Waals surface area contributed by atoms with Crippen LogP contribution in [0.1, 0.15) is 6.92 Å². The number of nitrogens with two attached hydrogens (primary N) is 1. The molecular weight excluding hydrogens is 298 g/mol. The molecule has 0 aliphatic rings. The fourth-order valence-corrected chi connectivity index (χ4v) is 2.08. The molecule has 1 aromatic carbocycles. The number of allylic oxidation sites excluding steroid dienone is 1. The van der Waals surface area contributed by atoms with Gasteiger partial charge in [0.2, 0.25) is 5.91 Å². The molecule has 0 unspecified atom stereocenters. The second-order valence-corrected chi connectivity index (χ2v) is 5.32. The first-order valence-corrected chi connectivity index (χ1v) is 7.73. The van der Waals surface area contributed by atoms with Crippen molar-refractivity contribution in [2.75, 3.05) is 11.6 Å². The number of amides is 1. The zero-order valence-electron chi connectivity index (χ0n) is 12.4. The summed E-state index contributed by atoms with van der Waals surface area (Å²) in [5, 5.41) is 8.67. The lowest BCUT2D eigenvalue weighted by Gasteiger charge is -2.06. The van der Waals surface area contributed by atoms with Crippen LogP contribution >= 0.6 is 11.8 Å². The number of hydrogen-bond acceptors (Lipinski definition) is 5. The van der Waals surface area contributed by atoms with Gasteiger partial charge in [0.15, 0.2) is 5.84 Å². The van der Waals surface area contributed by atoms with Gasteiger partial charge in [-0.3, -0.25) is 4.79 Å². The van der Waals surface area contributed by atoms with E-state index in [2.05, 4.69) is 22.0 Å². The molecule has 0 fully saturated rings. The molecule has 0 saturated carbocycles. The quantitative estimate of drug-likeness (QED) is 0.670. The zero-order valence-corrected chi connectivity index (χ0v) is 13.2. The number of carbonyl (C=O) groups is 1. The van der Waals surface area contributed by atoms with Crippen molar-refractivity contribution in [2.24, 2.45) is 10.7 Å². The van der Waals surface area contributed by atoms with Crippen LogP contribution in [0, 0.1) is 0 Å². The number of benzene rings is 1. The van der Waals surface area contributed by atoms with E-state index in [1.165, 1.54) is 24.9 Å². The Hall–Kier alpha value is -2.54. The summed E-state index contributed by atoms with van der Waals surface area (Å²) in [6.45, 7) is 5.31. The molecular formula is C15H17N5OS. The van der Waals surface area contributed by atoms with Crippen LogP contribution in [0.15, 0.2) is 53.3 Å². The Labute approximate surface area is 132 Å². The maximum absolute atomic E-state index is 11.2. The molecule has 0 atom stereocenters. The zero-order chi connectivity index (χ0) is 16.1. The summed E-state index contributed by atoms with van der Waals surface area (Å²) in [7, 11) is 0. The number of nitrogens with zero attached hydrogens (tertiary/aromatic N) is 3. The van der Waals surface area contributed by atoms with Crippen LogP contribution in [-0.4, -0.2) is 27.8 Å². The molecule has 1 heterocycles. The fraction of sp³-hybridized carbons (Fsp3) is 0.133. The molecule has 1 aromatic heterocycles. The second kappa shape index (κ2) is 6.95. The standard InChI is InChI=1S/C15H17N5OS/c1-10(21)18-13-5-4-12-9-17-20(14(12)8-13)15(6-7-16)19-11(2)22-3/h4-9H,2,16H2,1,3H3,(H,18,21)/b7-6-,19-15+. The van der Waals surface area contributed by atoms with E-state index >= 15 is 0 Å². The number of thioether (sulfide) groups is 1. The molecule has 0 spiro atoms. The van der Waals surface area contributed by atoms with Gasteiger partial charge in [0, 0.05) is 18.0 Å². The van der Waals surface area contributed by atoms with E-state index in [0.29, 0.717) is 16.6 Å². The molecule has 3 N–H and O–H groups in total. The van der Waals surface area contributed by atoms with Crippen LogP contribution in [-0.2, 0) is 4.79 Å². The molecule has 2 aromatic rings. The third kappa shape index (κ3) is 3.56. The lowest BCUT2D eigenvalue weighted by atomic mass is 10.2. The van der Waals surface area contributed by atoms with Crippen molar-refractivity contribution >= 4 is 40.1 Å². The van der Waals surface area contributed by atoms with Crippen LogP contribution in [0.3, 0.4) is 0 Å². The lowest BCUT2D eigenvalue weighted by Crippen LogP contribution is -2.12. The molecule has 0 saturated heterocycles. The second-order valence-electron chi connectivity index (χ2n) is 4.44. The number of anilines is 1. The topological polar surface area (TPSA) is 85.3 Å². The maximum Gasteiger partial charge on any atom is 0.221 e. The number of nitrogens with one attached hydrogen (secondary N) is 1. The number of aromatic nitrogens is 2. The third-order valence-corrected chi connectivity index (χ3v) is 3.39. The van der Waals surface area contributed by atoms with Crippen LogP contribution in [0.2, 0.25) is 0 Å². The fourth-order valence-electron chi connectivity index (χ4n) is 1.90. The highest BCUT2D eigenvalue weighted by Crippen LogP contribution is 2.20. The number of hydrogen-bond donors (Lipinski definition) is 2. The average Bonchev–Trinajstić information content (AvgIpc) is 2.89. The Morgan fingerprint density at radius 3 is 2.95 bits per heavy atom. The number of rotatable bonds is 4. The first-order valence-electron chi connectivity index (χ1n) is 6.50. The molecule has 6 nitrogen and oxygen atoms in total. The van der Waals surface area contributed by atoms with Gasteiger partial charge in [-0.15, -0.1) is 11.8 Å². The minimum absolute atomic E-state index is 0.128. The SMILES string of the molecule is C=C(/N=C(\C=C/N)n1ncc2ccc(NC(C)=O)cc21)SC. The van der Waals surface area contributed by atoms with Crippen LogP contribution in [0.5, 0.6) is 0 Å². The molecule has 0 bridgehead atoms. The van der Waals surface area contributed by atoms with Crippen LogP contribution < -0.4 is 11.1 Å². The largest absolute Gasteiger partial charge is 0.404 e. The summed E-state index contributed by atoms with van der Waals surface area (Å²) in [6, 6.07) is 5.55. The van der Waals surface area contributed by atoms with Crippen LogP contribution in [0.4, 0.5) is 5.69 Å². The summed E-state index contributed by atoms with van der Waals surface area (Å²) < 4.78 is 1.66. The molecule has 0 aliphatic carbocycles. The van der Waals surface area contributed by atoms with E-state index in [1.54, 1.807) is 17.0 Å². The first kappa shape index (κ1) is 15.8. The first-order chi connectivity index (χ1) is 10.5. The highest BCUT2D eigenvalue weighted by Gasteiger charge is 2.08. The van der Waals surface area contributed by atoms with Gasteiger partial charge >= 0.3 is 0 Å². The van der Waals surface area contributed by atoms with Crippen molar-refractivity contribution in [1.29, 1.82) is 0 Å². The van der Waals surface area contributed by atoms with Gasteiger partial charge in [-0.25, -0.2) is 9.67 Å². The molecule has 7 heteroatoms. The summed E-state index contributed by atoms with van der Waals surface area (Å²) >= 11 is 1.44. The van der Waals surface area contributed by atoms with Gasteiger partial charge < -0.3 is 11.1 Å². The predicted octanol–water partition coefficient (Wildman–Crippen LogP) is 2.55. The molecule has 114 valence electrons. The molecule has 0 radical (unpaired) electrons. The minimum atomic E-state index is -0.128. The number of fused-ring (bicyclic) bond motifs is 1. The van der Waals surface area contributed by atoms with Crippen molar-refractivity contribution < 1.29 is 4.79 Å². The maximum atomic E-state index is 11.2. The molecule has 0 aliphatic heterocycles. The monoisotopic (exact) mass is 315 g/mol. The summed E-state index contributed by atoms with van der Waals surface area (Å²) in [5.41, 5.74) is 7.01.